The van der Waals surface area contributed by atoms with Crippen molar-refractivity contribution >= 4 is 5.69 Å². The average molecular weight is 258 g/mol. The highest BCUT2D eigenvalue weighted by molar-refractivity contribution is 5.70. The van der Waals surface area contributed by atoms with Crippen molar-refractivity contribution in [2.75, 3.05) is 7.11 Å². The molecule has 2 N–H and O–H groups in total. The minimum absolute atomic E-state index is 0.0660. The van der Waals surface area contributed by atoms with Gasteiger partial charge in [0.2, 0.25) is 0 Å². The first kappa shape index (κ1) is 13.0. The Morgan fingerprint density at radius 1 is 1.26 bits per heavy atom. The summed E-state index contributed by atoms with van der Waals surface area (Å²) >= 11 is 0. The van der Waals surface area contributed by atoms with Gasteiger partial charge < -0.3 is 10.5 Å². The summed E-state index contributed by atoms with van der Waals surface area (Å²) in [6, 6.07) is 12.0. The molecule has 98 valence electrons. The Bertz CT molecular complexity index is 611. The van der Waals surface area contributed by atoms with Gasteiger partial charge in [-0.3, -0.25) is 10.1 Å². The number of benzene rings is 2. The Hall–Kier alpha value is -2.40. The first-order valence-electron chi connectivity index (χ1n) is 5.77. The zero-order valence-electron chi connectivity index (χ0n) is 10.5. The van der Waals surface area contributed by atoms with E-state index in [2.05, 4.69) is 0 Å². The standard InChI is InChI=1S/C14H14N2O3/c1-19-13-5-6-14(11(8-13)9-15)10-3-2-4-12(7-10)16(17)18/h2-8H,9,15H2,1H3. The summed E-state index contributed by atoms with van der Waals surface area (Å²) in [6.07, 6.45) is 0. The number of nitro groups is 1. The number of nitrogens with two attached hydrogens (primary N) is 1. The second-order valence-corrected chi connectivity index (χ2v) is 4.03. The van der Waals surface area contributed by atoms with Crippen LogP contribution in [0.4, 0.5) is 5.69 Å². The van der Waals surface area contributed by atoms with Crippen LogP contribution in [-0.2, 0) is 6.54 Å². The summed E-state index contributed by atoms with van der Waals surface area (Å²) in [4.78, 5) is 10.4. The van der Waals surface area contributed by atoms with Gasteiger partial charge in [0.25, 0.3) is 5.69 Å². The Balaban J connectivity index is 2.52. The van der Waals surface area contributed by atoms with Crippen LogP contribution in [0.1, 0.15) is 5.56 Å². The van der Waals surface area contributed by atoms with Crippen molar-refractivity contribution in [2.45, 2.75) is 6.54 Å². The number of rotatable bonds is 4. The number of methoxy groups -OCH3 is 1. The second kappa shape index (κ2) is 5.49. The molecule has 0 aliphatic heterocycles. The molecule has 0 bridgehead atoms. The molecule has 0 heterocycles. The van der Waals surface area contributed by atoms with E-state index >= 15 is 0 Å². The summed E-state index contributed by atoms with van der Waals surface area (Å²) in [7, 11) is 1.59. The lowest BCUT2D eigenvalue weighted by Crippen LogP contribution is -2.00. The highest BCUT2D eigenvalue weighted by atomic mass is 16.6. The van der Waals surface area contributed by atoms with E-state index in [-0.39, 0.29) is 5.69 Å². The molecule has 0 radical (unpaired) electrons. The molecule has 0 atom stereocenters. The zero-order chi connectivity index (χ0) is 13.8. The molecule has 5 heteroatoms. The monoisotopic (exact) mass is 258 g/mol. The number of nitrogens with zero attached hydrogens (tertiary/aromatic N) is 1. The highest BCUT2D eigenvalue weighted by Gasteiger charge is 2.10. The fourth-order valence-electron chi connectivity index (χ4n) is 1.93. The lowest BCUT2D eigenvalue weighted by molar-refractivity contribution is -0.384. The molecule has 0 fully saturated rings. The number of hydrogen-bond acceptors (Lipinski definition) is 4. The molecular formula is C14H14N2O3. The molecule has 0 saturated heterocycles. The van der Waals surface area contributed by atoms with Crippen molar-refractivity contribution in [2.24, 2.45) is 5.73 Å². The molecule has 0 aromatic heterocycles. The molecule has 2 aromatic rings. The van der Waals surface area contributed by atoms with E-state index in [1.165, 1.54) is 6.07 Å². The summed E-state index contributed by atoms with van der Waals surface area (Å²) < 4.78 is 5.15. The van der Waals surface area contributed by atoms with Gasteiger partial charge in [0.15, 0.2) is 0 Å². The van der Waals surface area contributed by atoms with Gasteiger partial charge in [0.1, 0.15) is 5.75 Å². The van der Waals surface area contributed by atoms with Crippen molar-refractivity contribution in [1.82, 2.24) is 0 Å². The average Bonchev–Trinajstić information content (AvgIpc) is 2.46. The highest BCUT2D eigenvalue weighted by Crippen LogP contribution is 2.29. The quantitative estimate of drug-likeness (QED) is 0.675. The van der Waals surface area contributed by atoms with Crippen LogP contribution in [0.15, 0.2) is 42.5 Å². The summed E-state index contributed by atoms with van der Waals surface area (Å²) in [5, 5.41) is 10.8. The lowest BCUT2D eigenvalue weighted by Gasteiger charge is -2.10. The van der Waals surface area contributed by atoms with Gasteiger partial charge in [-0.2, -0.15) is 0 Å². The van der Waals surface area contributed by atoms with Crippen molar-refractivity contribution in [3.8, 4) is 16.9 Å². The molecule has 0 amide bonds. The van der Waals surface area contributed by atoms with E-state index < -0.39 is 4.92 Å². The predicted octanol–water partition coefficient (Wildman–Crippen LogP) is 2.73. The first-order chi connectivity index (χ1) is 9.15. The molecule has 0 aliphatic carbocycles. The summed E-state index contributed by atoms with van der Waals surface area (Å²) in [5.74, 6) is 0.717. The lowest BCUT2D eigenvalue weighted by atomic mass is 9.99. The second-order valence-electron chi connectivity index (χ2n) is 4.03. The van der Waals surface area contributed by atoms with Crippen molar-refractivity contribution < 1.29 is 9.66 Å². The maximum atomic E-state index is 10.8. The topological polar surface area (TPSA) is 78.4 Å². The normalized spacial score (nSPS) is 10.2. The van der Waals surface area contributed by atoms with Crippen molar-refractivity contribution in [1.29, 1.82) is 0 Å². The molecule has 0 saturated carbocycles. The van der Waals surface area contributed by atoms with Crippen LogP contribution in [0.3, 0.4) is 0 Å². The van der Waals surface area contributed by atoms with E-state index in [0.29, 0.717) is 6.54 Å². The van der Waals surface area contributed by atoms with Crippen LogP contribution in [0.25, 0.3) is 11.1 Å². The van der Waals surface area contributed by atoms with Crippen LogP contribution in [0.2, 0.25) is 0 Å². The van der Waals surface area contributed by atoms with Crippen LogP contribution < -0.4 is 10.5 Å². The zero-order valence-corrected chi connectivity index (χ0v) is 10.5. The maximum Gasteiger partial charge on any atom is 0.270 e. The van der Waals surface area contributed by atoms with Gasteiger partial charge in [-0.15, -0.1) is 0 Å². The largest absolute Gasteiger partial charge is 0.497 e. The van der Waals surface area contributed by atoms with Crippen LogP contribution in [0.5, 0.6) is 5.75 Å². The molecule has 5 nitrogen and oxygen atoms in total. The maximum absolute atomic E-state index is 10.8. The van der Waals surface area contributed by atoms with E-state index in [1.807, 2.05) is 24.3 Å². The van der Waals surface area contributed by atoms with Crippen molar-refractivity contribution in [3.63, 3.8) is 0 Å². The molecule has 19 heavy (non-hydrogen) atoms. The SMILES string of the molecule is COc1ccc(-c2cccc([N+](=O)[O-])c2)c(CN)c1. The fraction of sp³-hybridized carbons (Fsp3) is 0.143. The minimum atomic E-state index is -0.408. The summed E-state index contributed by atoms with van der Waals surface area (Å²) in [6.45, 7) is 0.342. The van der Waals surface area contributed by atoms with E-state index in [1.54, 1.807) is 19.2 Å². The number of hydrogen-bond donors (Lipinski definition) is 1. The third-order valence-electron chi connectivity index (χ3n) is 2.90. The number of nitro benzene ring substituents is 1. The Kier molecular flexibility index (Phi) is 3.77. The first-order valence-corrected chi connectivity index (χ1v) is 5.77. The smallest absolute Gasteiger partial charge is 0.270 e. The fourth-order valence-corrected chi connectivity index (χ4v) is 1.93. The van der Waals surface area contributed by atoms with Crippen LogP contribution >= 0.6 is 0 Å². The van der Waals surface area contributed by atoms with Crippen LogP contribution in [-0.4, -0.2) is 12.0 Å². The van der Waals surface area contributed by atoms with Crippen molar-refractivity contribution in [3.05, 3.63) is 58.1 Å². The van der Waals surface area contributed by atoms with E-state index in [9.17, 15) is 10.1 Å². The molecule has 0 unspecified atom stereocenters. The van der Waals surface area contributed by atoms with Gasteiger partial charge in [0, 0.05) is 18.7 Å². The predicted molar refractivity (Wildman–Crippen MR) is 73.0 cm³/mol. The Labute approximate surface area is 110 Å². The Morgan fingerprint density at radius 3 is 2.68 bits per heavy atom. The number of ether oxygens (including phenoxy) is 1. The molecule has 0 aliphatic rings. The number of non-ortho nitro benzene ring substituents is 1. The minimum Gasteiger partial charge on any atom is -0.497 e. The Morgan fingerprint density at radius 2 is 2.05 bits per heavy atom. The molecule has 0 spiro atoms. The van der Waals surface area contributed by atoms with Gasteiger partial charge >= 0.3 is 0 Å². The molecule has 2 rings (SSSR count). The van der Waals surface area contributed by atoms with Gasteiger partial charge in [-0.1, -0.05) is 18.2 Å². The summed E-state index contributed by atoms with van der Waals surface area (Å²) in [5.41, 5.74) is 8.33. The molecular weight excluding hydrogens is 244 g/mol. The van der Waals surface area contributed by atoms with Gasteiger partial charge in [-0.05, 0) is 28.8 Å². The third-order valence-corrected chi connectivity index (χ3v) is 2.90. The van der Waals surface area contributed by atoms with E-state index in [4.69, 9.17) is 10.5 Å². The van der Waals surface area contributed by atoms with Crippen LogP contribution in [0, 0.1) is 10.1 Å². The van der Waals surface area contributed by atoms with Gasteiger partial charge in [0.05, 0.1) is 12.0 Å². The van der Waals surface area contributed by atoms with E-state index in [0.717, 1.165) is 22.4 Å². The third kappa shape index (κ3) is 2.71. The molecule has 2 aromatic carbocycles. The van der Waals surface area contributed by atoms with Gasteiger partial charge in [-0.25, -0.2) is 0 Å².